The van der Waals surface area contributed by atoms with Crippen molar-refractivity contribution in [1.29, 1.82) is 0 Å². The molecule has 1 aromatic carbocycles. The third-order valence-electron chi connectivity index (χ3n) is 4.46. The molecule has 0 atom stereocenters. The van der Waals surface area contributed by atoms with Crippen molar-refractivity contribution in [2.24, 2.45) is 5.92 Å². The number of halogens is 1. The van der Waals surface area contributed by atoms with E-state index in [0.717, 1.165) is 5.56 Å². The van der Waals surface area contributed by atoms with E-state index in [-0.39, 0.29) is 24.4 Å². The third kappa shape index (κ3) is 4.19. The summed E-state index contributed by atoms with van der Waals surface area (Å²) in [6.07, 6.45) is 2.61. The van der Waals surface area contributed by atoms with Crippen LogP contribution in [-0.2, 0) is 16.1 Å². The summed E-state index contributed by atoms with van der Waals surface area (Å²) in [7, 11) is 1.56. The van der Waals surface area contributed by atoms with Gasteiger partial charge in [0, 0.05) is 23.7 Å². The van der Waals surface area contributed by atoms with Crippen molar-refractivity contribution in [3.8, 4) is 5.75 Å². The fourth-order valence-electron chi connectivity index (χ4n) is 3.00. The first-order valence-electron chi connectivity index (χ1n) is 8.40. The lowest BCUT2D eigenvalue weighted by Gasteiger charge is -2.30. The van der Waals surface area contributed by atoms with Gasteiger partial charge in [-0.2, -0.15) is 0 Å². The topological polar surface area (TPSA) is 69.0 Å². The summed E-state index contributed by atoms with van der Waals surface area (Å²) in [6.45, 7) is 1.10. The van der Waals surface area contributed by atoms with Crippen LogP contribution in [0.4, 0.5) is 0 Å². The average Bonchev–Trinajstić information content (AvgIpc) is 3.20. The van der Waals surface area contributed by atoms with Crippen LogP contribution in [0.3, 0.4) is 0 Å². The Morgan fingerprint density at radius 3 is 2.69 bits per heavy atom. The Bertz CT molecular complexity index is 766. The lowest BCUT2D eigenvalue weighted by Crippen LogP contribution is -2.40. The minimum atomic E-state index is -0.267. The van der Waals surface area contributed by atoms with Gasteiger partial charge in [-0.15, -0.1) is 0 Å². The first-order valence-corrected chi connectivity index (χ1v) is 8.78. The first kappa shape index (κ1) is 18.3. The minimum Gasteiger partial charge on any atom is -0.496 e. The van der Waals surface area contributed by atoms with Crippen LogP contribution in [0, 0.1) is 5.92 Å². The van der Waals surface area contributed by atoms with E-state index in [2.05, 4.69) is 0 Å². The Morgan fingerprint density at radius 1 is 1.27 bits per heavy atom. The molecule has 138 valence electrons. The number of likely N-dealkylation sites (tertiary alicyclic amines) is 1. The number of methoxy groups -OCH3 is 1. The number of rotatable bonds is 5. The Balaban J connectivity index is 1.51. The summed E-state index contributed by atoms with van der Waals surface area (Å²) in [5.41, 5.74) is 0.721. The maximum atomic E-state index is 12.3. The lowest BCUT2D eigenvalue weighted by atomic mass is 9.97. The van der Waals surface area contributed by atoms with Crippen LogP contribution in [-0.4, -0.2) is 37.0 Å². The zero-order valence-electron chi connectivity index (χ0n) is 14.4. The van der Waals surface area contributed by atoms with Gasteiger partial charge in [0.2, 0.25) is 0 Å². The summed E-state index contributed by atoms with van der Waals surface area (Å²) in [4.78, 5) is 26.3. The highest BCUT2D eigenvalue weighted by molar-refractivity contribution is 6.30. The Morgan fingerprint density at radius 2 is 2.04 bits per heavy atom. The van der Waals surface area contributed by atoms with Crippen molar-refractivity contribution in [2.75, 3.05) is 20.2 Å². The lowest BCUT2D eigenvalue weighted by molar-refractivity contribution is -0.151. The number of carbonyl (C=O) groups is 2. The summed E-state index contributed by atoms with van der Waals surface area (Å²) in [6, 6.07) is 8.50. The summed E-state index contributed by atoms with van der Waals surface area (Å²) < 4.78 is 15.8. The smallest absolute Gasteiger partial charge is 0.309 e. The van der Waals surface area contributed by atoms with Crippen molar-refractivity contribution in [2.45, 2.75) is 19.4 Å². The second-order valence-electron chi connectivity index (χ2n) is 6.11. The quantitative estimate of drug-likeness (QED) is 0.745. The van der Waals surface area contributed by atoms with Crippen molar-refractivity contribution in [3.63, 3.8) is 0 Å². The van der Waals surface area contributed by atoms with E-state index in [4.69, 9.17) is 25.5 Å². The highest BCUT2D eigenvalue weighted by Gasteiger charge is 2.29. The standard InChI is InChI=1S/C19H20ClNO5/c1-24-16-5-4-15(20)11-14(16)12-26-19(23)13-6-8-21(9-7-13)18(22)17-3-2-10-25-17/h2-5,10-11,13H,6-9,12H2,1H3. The Hall–Kier alpha value is -2.47. The molecular formula is C19H20ClNO5. The van der Waals surface area contributed by atoms with Crippen LogP contribution in [0.2, 0.25) is 5.02 Å². The molecule has 0 aliphatic carbocycles. The molecule has 0 N–H and O–H groups in total. The molecule has 7 heteroatoms. The van der Waals surface area contributed by atoms with E-state index >= 15 is 0 Å². The number of carbonyl (C=O) groups excluding carboxylic acids is 2. The van der Waals surface area contributed by atoms with Crippen LogP contribution >= 0.6 is 11.6 Å². The summed E-state index contributed by atoms with van der Waals surface area (Å²) in [5, 5.41) is 0.557. The van der Waals surface area contributed by atoms with Gasteiger partial charge < -0.3 is 18.8 Å². The third-order valence-corrected chi connectivity index (χ3v) is 4.69. The molecule has 0 saturated carbocycles. The summed E-state index contributed by atoms with van der Waals surface area (Å²) in [5.74, 6) is 0.309. The Labute approximate surface area is 156 Å². The van der Waals surface area contributed by atoms with E-state index in [1.165, 1.54) is 6.26 Å². The molecule has 0 radical (unpaired) electrons. The second-order valence-corrected chi connectivity index (χ2v) is 6.54. The summed E-state index contributed by atoms with van der Waals surface area (Å²) >= 11 is 5.98. The molecule has 0 spiro atoms. The molecule has 1 fully saturated rings. The van der Waals surface area contributed by atoms with Crippen LogP contribution in [0.1, 0.15) is 29.0 Å². The van der Waals surface area contributed by atoms with Crippen molar-refractivity contribution >= 4 is 23.5 Å². The fraction of sp³-hybridized carbons (Fsp3) is 0.368. The van der Waals surface area contributed by atoms with Gasteiger partial charge >= 0.3 is 5.97 Å². The molecule has 1 aromatic heterocycles. The number of amides is 1. The van der Waals surface area contributed by atoms with Gasteiger partial charge in [-0.1, -0.05) is 11.6 Å². The number of benzene rings is 1. The zero-order valence-corrected chi connectivity index (χ0v) is 15.2. The number of hydrogen-bond acceptors (Lipinski definition) is 5. The van der Waals surface area contributed by atoms with Crippen LogP contribution in [0.15, 0.2) is 41.0 Å². The molecule has 2 aromatic rings. The van der Waals surface area contributed by atoms with Gasteiger partial charge in [-0.3, -0.25) is 9.59 Å². The number of furan rings is 1. The predicted molar refractivity (Wildman–Crippen MR) is 95.1 cm³/mol. The van der Waals surface area contributed by atoms with Crippen molar-refractivity contribution < 1.29 is 23.5 Å². The molecule has 26 heavy (non-hydrogen) atoms. The highest BCUT2D eigenvalue weighted by atomic mass is 35.5. The predicted octanol–water partition coefficient (Wildman–Crippen LogP) is 3.54. The van der Waals surface area contributed by atoms with E-state index < -0.39 is 0 Å². The molecule has 1 saturated heterocycles. The largest absolute Gasteiger partial charge is 0.496 e. The van der Waals surface area contributed by atoms with Crippen molar-refractivity contribution in [3.05, 3.63) is 52.9 Å². The molecule has 1 aliphatic heterocycles. The molecule has 1 amide bonds. The van der Waals surface area contributed by atoms with Gasteiger partial charge in [-0.25, -0.2) is 0 Å². The zero-order chi connectivity index (χ0) is 18.5. The maximum absolute atomic E-state index is 12.3. The number of piperidine rings is 1. The van der Waals surface area contributed by atoms with Crippen molar-refractivity contribution in [1.82, 2.24) is 4.90 Å². The minimum absolute atomic E-state index is 0.105. The molecule has 6 nitrogen and oxygen atoms in total. The maximum Gasteiger partial charge on any atom is 0.309 e. The molecule has 0 bridgehead atoms. The van der Waals surface area contributed by atoms with Crippen LogP contribution < -0.4 is 4.74 Å². The molecule has 1 aliphatic rings. The molecule has 3 rings (SSSR count). The molecule has 0 unspecified atom stereocenters. The van der Waals surface area contributed by atoms with Gasteiger partial charge in [-0.05, 0) is 43.2 Å². The number of nitrogens with zero attached hydrogens (tertiary/aromatic N) is 1. The van der Waals surface area contributed by atoms with E-state index in [1.807, 2.05) is 0 Å². The SMILES string of the molecule is COc1ccc(Cl)cc1COC(=O)C1CCN(C(=O)c2ccco2)CC1. The Kier molecular flexibility index (Phi) is 5.83. The highest BCUT2D eigenvalue weighted by Crippen LogP contribution is 2.25. The normalized spacial score (nSPS) is 14.9. The van der Waals surface area contributed by atoms with Gasteiger partial charge in [0.15, 0.2) is 5.76 Å². The van der Waals surface area contributed by atoms with E-state index in [1.54, 1.807) is 42.3 Å². The number of ether oxygens (including phenoxy) is 2. The van der Waals surface area contributed by atoms with Gasteiger partial charge in [0.1, 0.15) is 12.4 Å². The fourth-order valence-corrected chi connectivity index (χ4v) is 3.20. The number of esters is 1. The van der Waals surface area contributed by atoms with E-state index in [0.29, 0.717) is 42.5 Å². The second kappa shape index (κ2) is 8.27. The molecule has 2 heterocycles. The monoisotopic (exact) mass is 377 g/mol. The average molecular weight is 378 g/mol. The van der Waals surface area contributed by atoms with Crippen LogP contribution in [0.25, 0.3) is 0 Å². The van der Waals surface area contributed by atoms with Gasteiger partial charge in [0.25, 0.3) is 5.91 Å². The van der Waals surface area contributed by atoms with Gasteiger partial charge in [0.05, 0.1) is 19.3 Å². The first-order chi connectivity index (χ1) is 12.6. The molecular weight excluding hydrogens is 358 g/mol. The van der Waals surface area contributed by atoms with E-state index in [9.17, 15) is 9.59 Å². The van der Waals surface area contributed by atoms with Crippen LogP contribution in [0.5, 0.6) is 5.75 Å². The number of hydrogen-bond donors (Lipinski definition) is 0.